The Labute approximate surface area is 226 Å². The highest BCUT2D eigenvalue weighted by atomic mass is 35.5. The van der Waals surface area contributed by atoms with Crippen LogP contribution in [0.5, 0.6) is 0 Å². The van der Waals surface area contributed by atoms with E-state index in [4.69, 9.17) is 21.7 Å². The molecule has 0 spiro atoms. The zero-order valence-corrected chi connectivity index (χ0v) is 22.9. The van der Waals surface area contributed by atoms with Crippen LogP contribution < -0.4 is 10.6 Å². The van der Waals surface area contributed by atoms with Gasteiger partial charge in [-0.25, -0.2) is 4.68 Å². The number of thioether (sulfide) groups is 1. The third-order valence-corrected chi connectivity index (χ3v) is 7.98. The van der Waals surface area contributed by atoms with Crippen molar-refractivity contribution in [2.75, 3.05) is 10.6 Å². The molecule has 0 bridgehead atoms. The van der Waals surface area contributed by atoms with E-state index in [1.54, 1.807) is 11.8 Å². The van der Waals surface area contributed by atoms with Crippen LogP contribution in [0.2, 0.25) is 5.02 Å². The molecule has 0 radical (unpaired) electrons. The van der Waals surface area contributed by atoms with E-state index < -0.39 is 12.0 Å². The number of carbonyl (C=O) groups excluding carboxylic acids is 1. The lowest BCUT2D eigenvalue weighted by Crippen LogP contribution is -2.46. The molecule has 190 valence electrons. The van der Waals surface area contributed by atoms with Crippen molar-refractivity contribution in [1.82, 2.24) is 14.8 Å². The minimum absolute atomic E-state index is 0.0908. The fourth-order valence-corrected chi connectivity index (χ4v) is 5.93. The topological polar surface area (TPSA) is 71.8 Å². The van der Waals surface area contributed by atoms with E-state index in [1.165, 1.54) is 11.1 Å². The Bertz CT molecular complexity index is 1450. The first-order valence-electron chi connectivity index (χ1n) is 12.3. The first-order chi connectivity index (χ1) is 17.8. The van der Waals surface area contributed by atoms with Crippen molar-refractivity contribution in [2.24, 2.45) is 5.92 Å². The number of aromatic nitrogens is 3. The molecule has 8 heteroatoms. The fraction of sp³-hybridized carbons (Fsp3) is 0.276. The molecule has 3 atom stereocenters. The maximum atomic E-state index is 13.8. The van der Waals surface area contributed by atoms with Gasteiger partial charge in [-0.1, -0.05) is 89.1 Å². The Morgan fingerprint density at radius 2 is 1.84 bits per heavy atom. The molecular formula is C29H30ClN5OS. The summed E-state index contributed by atoms with van der Waals surface area (Å²) >= 11 is 8.27. The van der Waals surface area contributed by atoms with Crippen molar-refractivity contribution < 1.29 is 4.79 Å². The summed E-state index contributed by atoms with van der Waals surface area (Å²) in [5.41, 5.74) is 6.27. The maximum Gasteiger partial charge on any atom is 0.232 e. The number of nitrogens with zero attached hydrogens (tertiary/aromatic N) is 3. The standard InChI is InChI=1S/C29H30ClN5OS/c1-17-8-7-9-21(15-17)16-37-29-33-28-31-20(4)25(27(36)32-24-13-12-18(2)14-19(24)3)26(35(28)34-29)22-10-5-6-11-23(22)30/h5-15,20,25-26H,16H2,1-4H3,(H,32,36)(H,31,33,34)/t20-,25-,26-/m1/s1. The van der Waals surface area contributed by atoms with E-state index in [-0.39, 0.29) is 11.9 Å². The predicted octanol–water partition coefficient (Wildman–Crippen LogP) is 6.81. The summed E-state index contributed by atoms with van der Waals surface area (Å²) in [5.74, 6) is 0.838. The highest BCUT2D eigenvalue weighted by Crippen LogP contribution is 2.40. The SMILES string of the molecule is Cc1cccc(CSc2nc3n(n2)[C@H](c2ccccc2Cl)[C@H](C(=O)Nc2ccc(C)cc2C)[C@@H](C)N3)c1. The molecule has 0 saturated heterocycles. The summed E-state index contributed by atoms with van der Waals surface area (Å²) in [6.07, 6.45) is 0. The average molecular weight is 532 g/mol. The molecule has 0 saturated carbocycles. The number of amides is 1. The number of halogens is 1. The lowest BCUT2D eigenvalue weighted by atomic mass is 9.85. The van der Waals surface area contributed by atoms with Gasteiger partial charge in [0.1, 0.15) is 0 Å². The molecule has 2 N–H and O–H groups in total. The Hall–Kier alpha value is -3.29. The quantitative estimate of drug-likeness (QED) is 0.267. The minimum atomic E-state index is -0.468. The molecule has 3 aromatic carbocycles. The third-order valence-electron chi connectivity index (χ3n) is 6.73. The predicted molar refractivity (Wildman–Crippen MR) is 151 cm³/mol. The molecule has 1 amide bonds. The molecule has 0 aliphatic carbocycles. The highest BCUT2D eigenvalue weighted by Gasteiger charge is 2.42. The van der Waals surface area contributed by atoms with Crippen LogP contribution in [0.4, 0.5) is 11.6 Å². The van der Waals surface area contributed by atoms with Crippen LogP contribution in [0, 0.1) is 26.7 Å². The van der Waals surface area contributed by atoms with Crippen molar-refractivity contribution in [1.29, 1.82) is 0 Å². The van der Waals surface area contributed by atoms with Gasteiger partial charge in [0.25, 0.3) is 0 Å². The van der Waals surface area contributed by atoms with Crippen LogP contribution in [0.15, 0.2) is 71.9 Å². The van der Waals surface area contributed by atoms with Crippen LogP contribution in [0.1, 0.15) is 40.8 Å². The van der Waals surface area contributed by atoms with Crippen molar-refractivity contribution >= 4 is 40.9 Å². The second-order valence-corrected chi connectivity index (χ2v) is 11.0. The summed E-state index contributed by atoms with van der Waals surface area (Å²) < 4.78 is 1.83. The lowest BCUT2D eigenvalue weighted by Gasteiger charge is -2.37. The summed E-state index contributed by atoms with van der Waals surface area (Å²) in [6.45, 7) is 8.14. The van der Waals surface area contributed by atoms with Gasteiger partial charge in [-0.3, -0.25) is 4.79 Å². The maximum absolute atomic E-state index is 13.8. The number of hydrogen-bond donors (Lipinski definition) is 2. The van der Waals surface area contributed by atoms with Crippen LogP contribution in [0.25, 0.3) is 0 Å². The lowest BCUT2D eigenvalue weighted by molar-refractivity contribution is -0.121. The van der Waals surface area contributed by atoms with Gasteiger partial charge in [-0.05, 0) is 56.5 Å². The van der Waals surface area contributed by atoms with Crippen LogP contribution in [-0.2, 0) is 10.5 Å². The molecule has 6 nitrogen and oxygen atoms in total. The van der Waals surface area contributed by atoms with Gasteiger partial charge in [-0.2, -0.15) is 4.98 Å². The van der Waals surface area contributed by atoms with Crippen LogP contribution in [-0.4, -0.2) is 26.7 Å². The summed E-state index contributed by atoms with van der Waals surface area (Å²) in [4.78, 5) is 18.6. The molecule has 0 fully saturated rings. The smallest absolute Gasteiger partial charge is 0.232 e. The van der Waals surface area contributed by atoms with E-state index >= 15 is 0 Å². The van der Waals surface area contributed by atoms with Crippen molar-refractivity contribution in [2.45, 2.75) is 50.7 Å². The molecular weight excluding hydrogens is 502 g/mol. The zero-order valence-electron chi connectivity index (χ0n) is 21.3. The number of benzene rings is 3. The third kappa shape index (κ3) is 5.38. The summed E-state index contributed by atoms with van der Waals surface area (Å²) in [5, 5.41) is 12.7. The normalized spacial score (nSPS) is 18.7. The summed E-state index contributed by atoms with van der Waals surface area (Å²) in [6, 6.07) is 21.5. The first-order valence-corrected chi connectivity index (χ1v) is 13.7. The molecule has 1 aliphatic heterocycles. The number of nitrogens with one attached hydrogen (secondary N) is 2. The number of aryl methyl sites for hydroxylation is 3. The summed E-state index contributed by atoms with van der Waals surface area (Å²) in [7, 11) is 0. The van der Waals surface area contributed by atoms with Crippen LogP contribution >= 0.6 is 23.4 Å². The number of carbonyl (C=O) groups is 1. The van der Waals surface area contributed by atoms with Crippen molar-refractivity contribution in [3.05, 3.63) is 99.6 Å². The number of fused-ring (bicyclic) bond motifs is 1. The minimum Gasteiger partial charge on any atom is -0.351 e. The Morgan fingerprint density at radius 1 is 1.05 bits per heavy atom. The zero-order chi connectivity index (χ0) is 26.1. The van der Waals surface area contributed by atoms with Gasteiger partial charge in [0.05, 0.1) is 12.0 Å². The Balaban J connectivity index is 1.49. The molecule has 2 heterocycles. The molecule has 5 rings (SSSR count). The van der Waals surface area contributed by atoms with Gasteiger partial charge in [-0.15, -0.1) is 5.10 Å². The monoisotopic (exact) mass is 531 g/mol. The van der Waals surface area contributed by atoms with E-state index in [0.29, 0.717) is 16.1 Å². The van der Waals surface area contributed by atoms with E-state index in [1.807, 2.05) is 61.9 Å². The van der Waals surface area contributed by atoms with Gasteiger partial charge in [0.2, 0.25) is 17.0 Å². The number of hydrogen-bond acceptors (Lipinski definition) is 5. The van der Waals surface area contributed by atoms with Gasteiger partial charge < -0.3 is 10.6 Å². The van der Waals surface area contributed by atoms with Gasteiger partial charge in [0, 0.05) is 22.5 Å². The molecule has 37 heavy (non-hydrogen) atoms. The van der Waals surface area contributed by atoms with Crippen LogP contribution in [0.3, 0.4) is 0 Å². The van der Waals surface area contributed by atoms with Crippen molar-refractivity contribution in [3.8, 4) is 0 Å². The fourth-order valence-electron chi connectivity index (χ4n) is 4.91. The highest BCUT2D eigenvalue weighted by molar-refractivity contribution is 7.98. The Kier molecular flexibility index (Phi) is 7.26. The molecule has 1 aliphatic rings. The molecule has 4 aromatic rings. The molecule has 0 unspecified atom stereocenters. The Morgan fingerprint density at radius 3 is 2.59 bits per heavy atom. The number of rotatable bonds is 6. The largest absolute Gasteiger partial charge is 0.351 e. The van der Waals surface area contributed by atoms with Crippen molar-refractivity contribution in [3.63, 3.8) is 0 Å². The average Bonchev–Trinajstić information content (AvgIpc) is 3.26. The second kappa shape index (κ2) is 10.6. The van der Waals surface area contributed by atoms with Gasteiger partial charge >= 0.3 is 0 Å². The number of anilines is 2. The second-order valence-electron chi connectivity index (χ2n) is 9.67. The van der Waals surface area contributed by atoms with Gasteiger partial charge in [0.15, 0.2) is 0 Å². The molecule has 1 aromatic heterocycles. The van der Waals surface area contributed by atoms with E-state index in [9.17, 15) is 4.79 Å². The van der Waals surface area contributed by atoms with E-state index in [0.717, 1.165) is 28.1 Å². The first kappa shape index (κ1) is 25.4. The van der Waals surface area contributed by atoms with E-state index in [2.05, 4.69) is 47.9 Å².